The number of pyridine rings is 1. The predicted molar refractivity (Wildman–Crippen MR) is 135 cm³/mol. The van der Waals surface area contributed by atoms with Crippen LogP contribution in [0.4, 0.5) is 16.3 Å². The van der Waals surface area contributed by atoms with Crippen molar-refractivity contribution in [2.45, 2.75) is 37.3 Å². The molecule has 3 heterocycles. The Labute approximate surface area is 214 Å². The van der Waals surface area contributed by atoms with Gasteiger partial charge in [-0.15, -0.1) is 0 Å². The molecule has 0 spiro atoms. The van der Waals surface area contributed by atoms with Gasteiger partial charge < -0.3 is 25.4 Å². The smallest absolute Gasteiger partial charge is 0.319 e. The first-order chi connectivity index (χ1) is 16.8. The molecule has 1 saturated carbocycles. The third-order valence-corrected chi connectivity index (χ3v) is 7.49. The molecule has 3 aromatic rings. The third kappa shape index (κ3) is 3.88. The van der Waals surface area contributed by atoms with Crippen LogP contribution in [0, 0.1) is 0 Å². The van der Waals surface area contributed by atoms with Crippen LogP contribution in [0.1, 0.15) is 30.4 Å². The second-order valence-corrected chi connectivity index (χ2v) is 10.3. The molecule has 8 nitrogen and oxygen atoms in total. The van der Waals surface area contributed by atoms with Crippen molar-refractivity contribution in [1.29, 1.82) is 0 Å². The molecule has 2 aliphatic heterocycles. The lowest BCUT2D eigenvalue weighted by Crippen LogP contribution is -2.37. The summed E-state index contributed by atoms with van der Waals surface area (Å²) in [5.41, 5.74) is 1.84. The number of nitrogens with one attached hydrogen (secondary N) is 3. The van der Waals surface area contributed by atoms with E-state index in [1.165, 1.54) is 0 Å². The second-order valence-electron chi connectivity index (χ2n) is 8.95. The summed E-state index contributed by atoms with van der Waals surface area (Å²) in [5.74, 6) is 2.58. The maximum Gasteiger partial charge on any atom is 0.319 e. The average molecular weight is 556 g/mol. The molecular formula is C25H20BrClN4O4. The molecule has 35 heavy (non-hydrogen) atoms. The minimum Gasteiger partial charge on any atom is -0.484 e. The SMILES string of the molecule is CC12Oc3ccc(Oc4ccnc5c4CCC(=O)N5)cc3[C@H]1[C@@H]2NC(=O)Nc1cc(Br)ccc1Cl. The number of rotatable bonds is 4. The number of carbonyl (C=O) groups excluding carboxylic acids is 2. The summed E-state index contributed by atoms with van der Waals surface area (Å²) in [7, 11) is 0. The van der Waals surface area contributed by atoms with E-state index in [9.17, 15) is 9.59 Å². The average Bonchev–Trinajstić information content (AvgIpc) is 3.24. The highest BCUT2D eigenvalue weighted by Gasteiger charge is 2.70. The standard InChI is InChI=1S/C25H20BrClN4O4/c1-25-21(22(25)31-24(33)29-17-10-12(26)2-5-16(17)27)15-11-13(3-6-19(15)35-25)34-18-8-9-28-23-14(18)4-7-20(32)30-23/h2-3,5-6,8-11,21-22H,4,7H2,1H3,(H,28,30,32)(H2,29,31,33)/t21-,22-,25?/m0/s1. The molecule has 0 saturated heterocycles. The topological polar surface area (TPSA) is 102 Å². The predicted octanol–water partition coefficient (Wildman–Crippen LogP) is 5.61. The summed E-state index contributed by atoms with van der Waals surface area (Å²) in [6, 6.07) is 12.2. The number of ether oxygens (including phenoxy) is 2. The molecule has 1 fully saturated rings. The molecule has 1 aliphatic carbocycles. The van der Waals surface area contributed by atoms with Crippen molar-refractivity contribution in [2.75, 3.05) is 10.6 Å². The number of carbonyl (C=O) groups is 2. The first-order valence-electron chi connectivity index (χ1n) is 11.1. The van der Waals surface area contributed by atoms with Gasteiger partial charge >= 0.3 is 6.03 Å². The first kappa shape index (κ1) is 22.2. The Bertz CT molecular complexity index is 1400. The zero-order chi connectivity index (χ0) is 24.3. The number of benzene rings is 2. The van der Waals surface area contributed by atoms with Crippen molar-refractivity contribution in [1.82, 2.24) is 10.3 Å². The molecule has 3 atom stereocenters. The van der Waals surface area contributed by atoms with Crippen LogP contribution in [0.2, 0.25) is 5.02 Å². The van der Waals surface area contributed by atoms with E-state index in [2.05, 4.69) is 36.9 Å². The van der Waals surface area contributed by atoms with E-state index in [-0.39, 0.29) is 23.9 Å². The Morgan fingerprint density at radius 2 is 2.11 bits per heavy atom. The molecule has 3 aliphatic rings. The van der Waals surface area contributed by atoms with Gasteiger partial charge in [-0.25, -0.2) is 9.78 Å². The molecule has 3 amide bonds. The number of hydrogen-bond acceptors (Lipinski definition) is 5. The highest BCUT2D eigenvalue weighted by atomic mass is 79.9. The van der Waals surface area contributed by atoms with Crippen LogP contribution in [-0.2, 0) is 11.2 Å². The largest absolute Gasteiger partial charge is 0.484 e. The van der Waals surface area contributed by atoms with Crippen molar-refractivity contribution < 1.29 is 19.1 Å². The molecule has 178 valence electrons. The number of urea groups is 1. The number of halogens is 2. The van der Waals surface area contributed by atoms with E-state index < -0.39 is 5.60 Å². The van der Waals surface area contributed by atoms with Crippen LogP contribution in [0.15, 0.2) is 53.1 Å². The zero-order valence-electron chi connectivity index (χ0n) is 18.5. The lowest BCUT2D eigenvalue weighted by Gasteiger charge is -2.19. The maximum atomic E-state index is 12.7. The number of hydrogen-bond donors (Lipinski definition) is 3. The minimum absolute atomic E-state index is 0.00424. The second kappa shape index (κ2) is 8.13. The molecule has 3 N–H and O–H groups in total. The lowest BCUT2D eigenvalue weighted by atomic mass is 10.1. The highest BCUT2D eigenvalue weighted by Crippen LogP contribution is 2.62. The molecule has 1 aromatic heterocycles. The van der Waals surface area contributed by atoms with Crippen LogP contribution < -0.4 is 25.4 Å². The quantitative estimate of drug-likeness (QED) is 0.388. The molecular weight excluding hydrogens is 536 g/mol. The van der Waals surface area contributed by atoms with Crippen LogP contribution in [0.3, 0.4) is 0 Å². The van der Waals surface area contributed by atoms with Crippen molar-refractivity contribution in [2.24, 2.45) is 0 Å². The third-order valence-electron chi connectivity index (χ3n) is 6.67. The van der Waals surface area contributed by atoms with Gasteiger partial charge in [0.15, 0.2) is 0 Å². The Kier molecular flexibility index (Phi) is 5.16. The maximum absolute atomic E-state index is 12.7. The molecule has 6 rings (SSSR count). The monoisotopic (exact) mass is 554 g/mol. The van der Waals surface area contributed by atoms with Crippen molar-refractivity contribution in [3.8, 4) is 17.2 Å². The highest BCUT2D eigenvalue weighted by molar-refractivity contribution is 9.10. The van der Waals surface area contributed by atoms with E-state index in [4.69, 9.17) is 21.1 Å². The summed E-state index contributed by atoms with van der Waals surface area (Å²) in [5, 5.41) is 9.05. The molecule has 2 aromatic carbocycles. The van der Waals surface area contributed by atoms with Crippen molar-refractivity contribution >= 4 is 51.0 Å². The van der Waals surface area contributed by atoms with Gasteiger partial charge in [0.1, 0.15) is 28.7 Å². The van der Waals surface area contributed by atoms with Crippen LogP contribution in [-0.4, -0.2) is 28.6 Å². The van der Waals surface area contributed by atoms with Crippen LogP contribution in [0.25, 0.3) is 0 Å². The van der Waals surface area contributed by atoms with E-state index >= 15 is 0 Å². The van der Waals surface area contributed by atoms with Gasteiger partial charge in [-0.2, -0.15) is 0 Å². The van der Waals surface area contributed by atoms with Crippen molar-refractivity contribution in [3.63, 3.8) is 0 Å². The summed E-state index contributed by atoms with van der Waals surface area (Å²) >= 11 is 9.58. The fraction of sp³-hybridized carbons (Fsp3) is 0.240. The number of amides is 3. The van der Waals surface area contributed by atoms with Crippen molar-refractivity contribution in [3.05, 3.63) is 69.3 Å². The summed E-state index contributed by atoms with van der Waals surface area (Å²) < 4.78 is 13.2. The van der Waals surface area contributed by atoms with Gasteiger partial charge in [-0.3, -0.25) is 4.79 Å². The van der Waals surface area contributed by atoms with Gasteiger partial charge in [0.25, 0.3) is 0 Å². The molecule has 0 radical (unpaired) electrons. The van der Waals surface area contributed by atoms with Gasteiger partial charge in [0.2, 0.25) is 5.91 Å². The van der Waals surface area contributed by atoms with E-state index in [0.29, 0.717) is 40.9 Å². The van der Waals surface area contributed by atoms with Gasteiger partial charge in [0.05, 0.1) is 22.7 Å². The number of anilines is 2. The Morgan fingerprint density at radius 3 is 2.97 bits per heavy atom. The van der Waals surface area contributed by atoms with E-state index in [1.54, 1.807) is 30.5 Å². The summed E-state index contributed by atoms with van der Waals surface area (Å²) in [6.07, 6.45) is 2.58. The van der Waals surface area contributed by atoms with Crippen LogP contribution >= 0.6 is 27.5 Å². The molecule has 0 bridgehead atoms. The number of fused-ring (bicyclic) bond motifs is 4. The Morgan fingerprint density at radius 1 is 1.26 bits per heavy atom. The van der Waals surface area contributed by atoms with E-state index in [0.717, 1.165) is 21.3 Å². The fourth-order valence-electron chi connectivity index (χ4n) is 4.87. The number of nitrogens with zero attached hydrogens (tertiary/aromatic N) is 1. The summed E-state index contributed by atoms with van der Waals surface area (Å²) in [4.78, 5) is 28.6. The van der Waals surface area contributed by atoms with Crippen LogP contribution in [0.5, 0.6) is 17.2 Å². The van der Waals surface area contributed by atoms with Gasteiger partial charge in [-0.05, 0) is 55.8 Å². The zero-order valence-corrected chi connectivity index (χ0v) is 20.9. The normalized spacial score (nSPS) is 23.2. The lowest BCUT2D eigenvalue weighted by molar-refractivity contribution is -0.116. The molecule has 1 unspecified atom stereocenters. The summed E-state index contributed by atoms with van der Waals surface area (Å²) in [6.45, 7) is 1.98. The van der Waals surface area contributed by atoms with Gasteiger partial charge in [-0.1, -0.05) is 27.5 Å². The first-order valence-corrected chi connectivity index (χ1v) is 12.3. The number of aromatic nitrogens is 1. The minimum atomic E-state index is -0.528. The van der Waals surface area contributed by atoms with E-state index in [1.807, 2.05) is 25.1 Å². The Balaban J connectivity index is 1.18. The van der Waals surface area contributed by atoms with Gasteiger partial charge in [0, 0.05) is 28.2 Å². The molecule has 10 heteroatoms. The fourth-order valence-corrected chi connectivity index (χ4v) is 5.39. The Hall–Kier alpha value is -3.30.